The summed E-state index contributed by atoms with van der Waals surface area (Å²) in [5, 5.41) is 3.38. The average Bonchev–Trinajstić information content (AvgIpc) is 2.86. The fourth-order valence-corrected chi connectivity index (χ4v) is 2.41. The largest absolute Gasteiger partial charge is 0.384 e. The standard InChI is InChI=1S/C14H23N3O/c1-3-5-16-13-7-14(9-15-8-13)17-6-4-12(10-17)11-18-2/h7-9,12,16H,3-6,10-11H2,1-2H3. The van der Waals surface area contributed by atoms with Gasteiger partial charge in [0.25, 0.3) is 0 Å². The third-order valence-electron chi connectivity index (χ3n) is 3.36. The van der Waals surface area contributed by atoms with Gasteiger partial charge in [-0.25, -0.2) is 0 Å². The van der Waals surface area contributed by atoms with Crippen LogP contribution in [0.25, 0.3) is 0 Å². The Labute approximate surface area is 109 Å². The Morgan fingerprint density at radius 3 is 3.17 bits per heavy atom. The number of hydrogen-bond acceptors (Lipinski definition) is 4. The molecule has 0 radical (unpaired) electrons. The molecule has 0 bridgehead atoms. The summed E-state index contributed by atoms with van der Waals surface area (Å²) in [5.74, 6) is 0.655. The van der Waals surface area contributed by atoms with E-state index in [1.807, 2.05) is 12.4 Å². The summed E-state index contributed by atoms with van der Waals surface area (Å²) in [6, 6.07) is 2.19. The number of pyridine rings is 1. The molecule has 1 unspecified atom stereocenters. The summed E-state index contributed by atoms with van der Waals surface area (Å²) in [4.78, 5) is 6.71. The van der Waals surface area contributed by atoms with Crippen molar-refractivity contribution in [2.75, 3.05) is 43.6 Å². The lowest BCUT2D eigenvalue weighted by molar-refractivity contribution is 0.161. The minimum atomic E-state index is 0.655. The van der Waals surface area contributed by atoms with Crippen molar-refractivity contribution in [2.24, 2.45) is 5.92 Å². The molecular formula is C14H23N3O. The molecule has 1 saturated heterocycles. The molecule has 1 fully saturated rings. The molecule has 1 atom stereocenters. The molecule has 0 spiro atoms. The molecule has 1 aromatic rings. The molecule has 2 rings (SSSR count). The smallest absolute Gasteiger partial charge is 0.0573 e. The Bertz CT molecular complexity index is 370. The van der Waals surface area contributed by atoms with E-state index < -0.39 is 0 Å². The van der Waals surface area contributed by atoms with Gasteiger partial charge >= 0.3 is 0 Å². The number of nitrogens with one attached hydrogen (secondary N) is 1. The molecule has 1 aliphatic rings. The van der Waals surface area contributed by atoms with Crippen molar-refractivity contribution in [3.05, 3.63) is 18.5 Å². The third-order valence-corrected chi connectivity index (χ3v) is 3.36. The van der Waals surface area contributed by atoms with E-state index in [0.29, 0.717) is 5.92 Å². The van der Waals surface area contributed by atoms with Gasteiger partial charge in [-0.1, -0.05) is 6.92 Å². The summed E-state index contributed by atoms with van der Waals surface area (Å²) in [6.45, 7) is 6.20. The molecule has 1 aromatic heterocycles. The number of hydrogen-bond donors (Lipinski definition) is 1. The van der Waals surface area contributed by atoms with Gasteiger partial charge in [0, 0.05) is 32.7 Å². The van der Waals surface area contributed by atoms with Crippen molar-refractivity contribution in [3.63, 3.8) is 0 Å². The van der Waals surface area contributed by atoms with Crippen molar-refractivity contribution in [2.45, 2.75) is 19.8 Å². The lowest BCUT2D eigenvalue weighted by Gasteiger charge is -2.19. The molecule has 1 N–H and O–H groups in total. The molecule has 4 nitrogen and oxygen atoms in total. The second kappa shape index (κ2) is 6.59. The zero-order valence-corrected chi connectivity index (χ0v) is 11.4. The second-order valence-corrected chi connectivity index (χ2v) is 4.91. The van der Waals surface area contributed by atoms with Gasteiger partial charge in [-0.05, 0) is 18.9 Å². The van der Waals surface area contributed by atoms with Gasteiger partial charge in [-0.3, -0.25) is 4.98 Å². The minimum absolute atomic E-state index is 0.655. The monoisotopic (exact) mass is 249 g/mol. The summed E-state index contributed by atoms with van der Waals surface area (Å²) in [5.41, 5.74) is 2.33. The van der Waals surface area contributed by atoms with E-state index in [2.05, 4.69) is 28.2 Å². The van der Waals surface area contributed by atoms with Crippen LogP contribution in [0.2, 0.25) is 0 Å². The molecule has 4 heteroatoms. The van der Waals surface area contributed by atoms with E-state index >= 15 is 0 Å². The number of nitrogens with zero attached hydrogens (tertiary/aromatic N) is 2. The molecule has 0 amide bonds. The quantitative estimate of drug-likeness (QED) is 0.840. The fraction of sp³-hybridized carbons (Fsp3) is 0.643. The molecule has 18 heavy (non-hydrogen) atoms. The number of methoxy groups -OCH3 is 1. The van der Waals surface area contributed by atoms with Crippen LogP contribution in [0.1, 0.15) is 19.8 Å². The van der Waals surface area contributed by atoms with Crippen molar-refractivity contribution in [3.8, 4) is 0 Å². The molecular weight excluding hydrogens is 226 g/mol. The molecule has 1 aliphatic heterocycles. The molecule has 0 aromatic carbocycles. The van der Waals surface area contributed by atoms with E-state index in [1.54, 1.807) is 7.11 Å². The van der Waals surface area contributed by atoms with Crippen LogP contribution in [0.3, 0.4) is 0 Å². The topological polar surface area (TPSA) is 37.4 Å². The lowest BCUT2D eigenvalue weighted by Crippen LogP contribution is -2.21. The summed E-state index contributed by atoms with van der Waals surface area (Å²) < 4.78 is 5.23. The Balaban J connectivity index is 1.96. The summed E-state index contributed by atoms with van der Waals surface area (Å²) in [6.07, 6.45) is 6.18. The number of ether oxygens (including phenoxy) is 1. The first kappa shape index (κ1) is 13.1. The third kappa shape index (κ3) is 3.35. The number of aromatic nitrogens is 1. The van der Waals surface area contributed by atoms with Crippen LogP contribution >= 0.6 is 0 Å². The van der Waals surface area contributed by atoms with Crippen molar-refractivity contribution < 1.29 is 4.74 Å². The zero-order valence-electron chi connectivity index (χ0n) is 11.4. The normalized spacial score (nSPS) is 19.2. The molecule has 2 heterocycles. The maximum atomic E-state index is 5.23. The fourth-order valence-electron chi connectivity index (χ4n) is 2.41. The molecule has 100 valence electrons. The maximum Gasteiger partial charge on any atom is 0.0573 e. The Kier molecular flexibility index (Phi) is 4.81. The minimum Gasteiger partial charge on any atom is -0.384 e. The first-order valence-electron chi connectivity index (χ1n) is 6.76. The van der Waals surface area contributed by atoms with Gasteiger partial charge in [0.1, 0.15) is 0 Å². The van der Waals surface area contributed by atoms with Gasteiger partial charge in [-0.15, -0.1) is 0 Å². The van der Waals surface area contributed by atoms with Gasteiger partial charge in [0.2, 0.25) is 0 Å². The highest BCUT2D eigenvalue weighted by molar-refractivity contribution is 5.56. The van der Waals surface area contributed by atoms with E-state index in [9.17, 15) is 0 Å². The number of rotatable bonds is 6. The predicted molar refractivity (Wildman–Crippen MR) is 75.2 cm³/mol. The van der Waals surface area contributed by atoms with Gasteiger partial charge in [-0.2, -0.15) is 0 Å². The molecule has 0 saturated carbocycles. The van der Waals surface area contributed by atoms with E-state index in [0.717, 1.165) is 38.3 Å². The van der Waals surface area contributed by atoms with Crippen LogP contribution < -0.4 is 10.2 Å². The van der Waals surface area contributed by atoms with Gasteiger partial charge in [0.05, 0.1) is 30.4 Å². The van der Waals surface area contributed by atoms with Crippen LogP contribution in [0.15, 0.2) is 18.5 Å². The SMILES string of the molecule is CCCNc1cncc(N2CCC(COC)C2)c1. The van der Waals surface area contributed by atoms with Crippen LogP contribution in [0, 0.1) is 5.92 Å². The molecule has 0 aliphatic carbocycles. The van der Waals surface area contributed by atoms with Crippen LogP contribution in [0.4, 0.5) is 11.4 Å². The van der Waals surface area contributed by atoms with Crippen LogP contribution in [-0.2, 0) is 4.74 Å². The highest BCUT2D eigenvalue weighted by atomic mass is 16.5. The van der Waals surface area contributed by atoms with Crippen LogP contribution in [-0.4, -0.2) is 38.3 Å². The summed E-state index contributed by atoms with van der Waals surface area (Å²) >= 11 is 0. The van der Waals surface area contributed by atoms with E-state index in [4.69, 9.17) is 4.74 Å². The Morgan fingerprint density at radius 1 is 1.50 bits per heavy atom. The predicted octanol–water partition coefficient (Wildman–Crippen LogP) is 2.38. The Morgan fingerprint density at radius 2 is 2.39 bits per heavy atom. The zero-order chi connectivity index (χ0) is 12.8. The average molecular weight is 249 g/mol. The number of anilines is 2. The Hall–Kier alpha value is -1.29. The van der Waals surface area contributed by atoms with Crippen molar-refractivity contribution in [1.82, 2.24) is 4.98 Å². The highest BCUT2D eigenvalue weighted by Crippen LogP contribution is 2.25. The van der Waals surface area contributed by atoms with E-state index in [-0.39, 0.29) is 0 Å². The van der Waals surface area contributed by atoms with Gasteiger partial charge < -0.3 is 15.0 Å². The van der Waals surface area contributed by atoms with Crippen LogP contribution in [0.5, 0.6) is 0 Å². The summed E-state index contributed by atoms with van der Waals surface area (Å²) in [7, 11) is 1.78. The second-order valence-electron chi connectivity index (χ2n) is 4.91. The van der Waals surface area contributed by atoms with Crippen molar-refractivity contribution >= 4 is 11.4 Å². The van der Waals surface area contributed by atoms with Crippen molar-refractivity contribution in [1.29, 1.82) is 0 Å². The first-order chi connectivity index (χ1) is 8.83. The first-order valence-corrected chi connectivity index (χ1v) is 6.76. The lowest BCUT2D eigenvalue weighted by atomic mass is 10.1. The van der Waals surface area contributed by atoms with E-state index in [1.165, 1.54) is 12.1 Å². The van der Waals surface area contributed by atoms with Gasteiger partial charge in [0.15, 0.2) is 0 Å². The maximum absolute atomic E-state index is 5.23. The highest BCUT2D eigenvalue weighted by Gasteiger charge is 2.22.